The molecule has 0 spiro atoms. The number of nitrogens with zero attached hydrogens (tertiary/aromatic N) is 4. The average Bonchev–Trinajstić information content (AvgIpc) is 3.40. The molecule has 30 heavy (non-hydrogen) atoms. The topological polar surface area (TPSA) is 72.1 Å². The van der Waals surface area contributed by atoms with Crippen molar-refractivity contribution in [1.29, 1.82) is 0 Å². The average molecular weight is 417 g/mol. The number of carbonyl (C=O) groups is 1. The number of pyridine rings is 1. The van der Waals surface area contributed by atoms with Crippen molar-refractivity contribution in [2.45, 2.75) is 25.7 Å². The van der Waals surface area contributed by atoms with Crippen molar-refractivity contribution in [2.75, 3.05) is 11.4 Å². The Labute approximate surface area is 177 Å². The second-order valence-corrected chi connectivity index (χ2v) is 8.24. The van der Waals surface area contributed by atoms with Crippen molar-refractivity contribution in [1.82, 2.24) is 15.1 Å². The minimum absolute atomic E-state index is 0.149. The second-order valence-electron chi connectivity index (χ2n) is 7.40. The van der Waals surface area contributed by atoms with Crippen molar-refractivity contribution >= 4 is 33.5 Å². The Bertz CT molecular complexity index is 1240. The van der Waals surface area contributed by atoms with E-state index in [-0.39, 0.29) is 5.91 Å². The highest BCUT2D eigenvalue weighted by Crippen LogP contribution is 2.41. The molecule has 1 fully saturated rings. The van der Waals surface area contributed by atoms with Crippen LogP contribution in [0.2, 0.25) is 0 Å². The molecule has 6 nitrogen and oxygen atoms in total. The largest absolute Gasteiger partial charge is 0.336 e. The highest BCUT2D eigenvalue weighted by atomic mass is 32.1. The molecule has 1 saturated carbocycles. The SMILES string of the molecule is C=CCN(C(=O)c1cc(C2CC2)nc2onc(C)c12)c1nc(-c2ccccc2)cs1. The molecular formula is C23H20N4O2S. The fourth-order valence-electron chi connectivity index (χ4n) is 3.52. The summed E-state index contributed by atoms with van der Waals surface area (Å²) in [6, 6.07) is 11.8. The van der Waals surface area contributed by atoms with Gasteiger partial charge in [-0.25, -0.2) is 9.97 Å². The smallest absolute Gasteiger partial charge is 0.261 e. The van der Waals surface area contributed by atoms with Gasteiger partial charge in [-0.1, -0.05) is 41.6 Å². The predicted octanol–water partition coefficient (Wildman–Crippen LogP) is 5.36. The first-order valence-corrected chi connectivity index (χ1v) is 10.7. The Hall–Kier alpha value is -3.32. The number of hydrogen-bond acceptors (Lipinski definition) is 6. The molecule has 4 aromatic rings. The zero-order valence-electron chi connectivity index (χ0n) is 16.5. The van der Waals surface area contributed by atoms with Crippen molar-refractivity contribution in [3.8, 4) is 11.3 Å². The number of rotatable bonds is 6. The van der Waals surface area contributed by atoms with Gasteiger partial charge < -0.3 is 4.52 Å². The van der Waals surface area contributed by atoms with Crippen LogP contribution in [0.25, 0.3) is 22.4 Å². The molecule has 0 aliphatic heterocycles. The number of aromatic nitrogens is 3. The van der Waals surface area contributed by atoms with Crippen molar-refractivity contribution in [2.24, 2.45) is 0 Å². The van der Waals surface area contributed by atoms with Gasteiger partial charge in [0.15, 0.2) is 5.13 Å². The fraction of sp³-hybridized carbons (Fsp3) is 0.217. The van der Waals surface area contributed by atoms with Crippen LogP contribution in [0.1, 0.15) is 40.5 Å². The number of fused-ring (bicyclic) bond motifs is 1. The molecule has 0 radical (unpaired) electrons. The van der Waals surface area contributed by atoms with Gasteiger partial charge >= 0.3 is 0 Å². The van der Waals surface area contributed by atoms with Gasteiger partial charge in [-0.2, -0.15) is 0 Å². The third-order valence-corrected chi connectivity index (χ3v) is 6.08. The summed E-state index contributed by atoms with van der Waals surface area (Å²) < 4.78 is 5.40. The van der Waals surface area contributed by atoms with Crippen LogP contribution in [0.4, 0.5) is 5.13 Å². The van der Waals surface area contributed by atoms with Crippen LogP contribution < -0.4 is 4.90 Å². The van der Waals surface area contributed by atoms with Crippen LogP contribution in [-0.2, 0) is 0 Å². The monoisotopic (exact) mass is 416 g/mol. The van der Waals surface area contributed by atoms with Gasteiger partial charge in [0.25, 0.3) is 11.6 Å². The van der Waals surface area contributed by atoms with Crippen LogP contribution in [0.15, 0.2) is 59.0 Å². The molecule has 0 N–H and O–H groups in total. The number of aryl methyl sites for hydroxylation is 1. The molecular weight excluding hydrogens is 396 g/mol. The Morgan fingerprint density at radius 3 is 2.83 bits per heavy atom. The first-order valence-electron chi connectivity index (χ1n) is 9.86. The summed E-state index contributed by atoms with van der Waals surface area (Å²) >= 11 is 1.44. The molecule has 0 atom stereocenters. The van der Waals surface area contributed by atoms with Crippen molar-refractivity contribution in [3.63, 3.8) is 0 Å². The standard InChI is InChI=1S/C23H20N4O2S/c1-3-11-27(23-25-19(13-30-23)15-7-5-4-6-8-15)22(28)17-12-18(16-9-10-16)24-21-20(17)14(2)26-29-21/h3-8,12-13,16H,1,9-11H2,2H3. The van der Waals surface area contributed by atoms with E-state index in [2.05, 4.69) is 16.7 Å². The summed E-state index contributed by atoms with van der Waals surface area (Å²) in [5, 5.41) is 7.30. The lowest BCUT2D eigenvalue weighted by Crippen LogP contribution is -2.31. The third-order valence-electron chi connectivity index (χ3n) is 5.21. The van der Waals surface area contributed by atoms with Gasteiger partial charge in [-0.15, -0.1) is 17.9 Å². The zero-order chi connectivity index (χ0) is 20.7. The van der Waals surface area contributed by atoms with Gasteiger partial charge in [0.05, 0.1) is 22.3 Å². The second kappa shape index (κ2) is 7.50. The Morgan fingerprint density at radius 1 is 1.30 bits per heavy atom. The van der Waals surface area contributed by atoms with Crippen LogP contribution in [0, 0.1) is 6.92 Å². The summed E-state index contributed by atoms with van der Waals surface area (Å²) in [5.41, 5.74) is 4.39. The molecule has 1 aliphatic rings. The Morgan fingerprint density at radius 2 is 2.10 bits per heavy atom. The molecule has 150 valence electrons. The maximum absolute atomic E-state index is 13.7. The normalized spacial score (nSPS) is 13.5. The first kappa shape index (κ1) is 18.7. The van der Waals surface area contributed by atoms with Crippen LogP contribution in [0.3, 0.4) is 0 Å². The number of anilines is 1. The maximum atomic E-state index is 13.7. The first-order chi connectivity index (χ1) is 14.7. The highest BCUT2D eigenvalue weighted by Gasteiger charge is 2.30. The van der Waals surface area contributed by atoms with E-state index in [1.807, 2.05) is 48.7 Å². The van der Waals surface area contributed by atoms with Crippen molar-refractivity contribution in [3.05, 3.63) is 71.4 Å². The van der Waals surface area contributed by atoms with Crippen LogP contribution in [0.5, 0.6) is 0 Å². The number of amides is 1. The number of hydrogen-bond donors (Lipinski definition) is 0. The van der Waals surface area contributed by atoms with E-state index in [4.69, 9.17) is 9.51 Å². The summed E-state index contributed by atoms with van der Waals surface area (Å²) in [4.78, 5) is 24.7. The third kappa shape index (κ3) is 3.31. The van der Waals surface area contributed by atoms with Gasteiger partial charge in [-0.05, 0) is 25.8 Å². The van der Waals surface area contributed by atoms with E-state index in [9.17, 15) is 4.79 Å². The molecule has 0 unspecified atom stereocenters. The molecule has 3 aromatic heterocycles. The van der Waals surface area contributed by atoms with Crippen molar-refractivity contribution < 1.29 is 9.32 Å². The Kier molecular flexibility index (Phi) is 4.67. The molecule has 3 heterocycles. The number of thiazole rings is 1. The predicted molar refractivity (Wildman–Crippen MR) is 118 cm³/mol. The van der Waals surface area contributed by atoms with E-state index in [1.165, 1.54) is 11.3 Å². The number of carbonyl (C=O) groups excluding carboxylic acids is 1. The van der Waals surface area contributed by atoms with Gasteiger partial charge in [-0.3, -0.25) is 9.69 Å². The highest BCUT2D eigenvalue weighted by molar-refractivity contribution is 7.14. The van der Waals surface area contributed by atoms with E-state index in [0.29, 0.717) is 40.0 Å². The molecule has 1 aliphatic carbocycles. The lowest BCUT2D eigenvalue weighted by molar-refractivity contribution is 0.0991. The molecule has 7 heteroatoms. The quantitative estimate of drug-likeness (QED) is 0.395. The van der Waals surface area contributed by atoms with E-state index in [0.717, 1.165) is 29.8 Å². The Balaban J connectivity index is 1.57. The fourth-order valence-corrected chi connectivity index (χ4v) is 4.36. The van der Waals surface area contributed by atoms with Crippen LogP contribution in [-0.4, -0.2) is 27.6 Å². The summed E-state index contributed by atoms with van der Waals surface area (Å²) in [5.74, 6) is 0.244. The summed E-state index contributed by atoms with van der Waals surface area (Å²) in [6.07, 6.45) is 3.88. The van der Waals surface area contributed by atoms with Gasteiger partial charge in [0.1, 0.15) is 0 Å². The van der Waals surface area contributed by atoms with E-state index in [1.54, 1.807) is 11.0 Å². The zero-order valence-corrected chi connectivity index (χ0v) is 17.4. The molecule has 0 bridgehead atoms. The maximum Gasteiger partial charge on any atom is 0.261 e. The van der Waals surface area contributed by atoms with Gasteiger partial charge in [0, 0.05) is 29.1 Å². The molecule has 0 saturated heterocycles. The lowest BCUT2D eigenvalue weighted by Gasteiger charge is -2.19. The molecule has 5 rings (SSSR count). The lowest BCUT2D eigenvalue weighted by atomic mass is 10.1. The molecule has 1 aromatic carbocycles. The number of benzene rings is 1. The minimum Gasteiger partial charge on any atom is -0.336 e. The summed E-state index contributed by atoms with van der Waals surface area (Å²) in [7, 11) is 0. The van der Waals surface area contributed by atoms with E-state index >= 15 is 0 Å². The van der Waals surface area contributed by atoms with Crippen LogP contribution >= 0.6 is 11.3 Å². The molecule has 1 amide bonds. The van der Waals surface area contributed by atoms with Gasteiger partial charge in [0.2, 0.25) is 0 Å². The van der Waals surface area contributed by atoms with E-state index < -0.39 is 0 Å². The summed E-state index contributed by atoms with van der Waals surface area (Å²) in [6.45, 7) is 6.02. The minimum atomic E-state index is -0.149.